The quantitative estimate of drug-likeness (QED) is 0.747. The molecule has 5 heteroatoms. The summed E-state index contributed by atoms with van der Waals surface area (Å²) in [7, 11) is 0. The Kier molecular flexibility index (Phi) is 1.96. The predicted octanol–water partition coefficient (Wildman–Crippen LogP) is 1.19. The molecule has 0 spiro atoms. The fraction of sp³-hybridized carbons (Fsp3) is 0. The first-order valence-corrected chi connectivity index (χ1v) is 4.12. The summed E-state index contributed by atoms with van der Waals surface area (Å²) in [5.74, 6) is -0.479. The minimum Gasteiger partial charge on any atom is -0.396 e. The third kappa shape index (κ3) is 1.15. The highest BCUT2D eigenvalue weighted by atomic mass is 79.9. The second kappa shape index (κ2) is 2.59. The van der Waals surface area contributed by atoms with Crippen LogP contribution in [-0.4, -0.2) is 5.91 Å². The van der Waals surface area contributed by atoms with Crippen LogP contribution >= 0.6 is 27.3 Å². The van der Waals surface area contributed by atoms with Crippen LogP contribution in [0.1, 0.15) is 9.67 Å². The maximum Gasteiger partial charge on any atom is 0.260 e. The van der Waals surface area contributed by atoms with Gasteiger partial charge in [0, 0.05) is 5.38 Å². The molecule has 1 rings (SSSR count). The first kappa shape index (κ1) is 7.56. The van der Waals surface area contributed by atoms with Crippen molar-refractivity contribution >= 4 is 38.9 Å². The lowest BCUT2D eigenvalue weighted by Crippen LogP contribution is -2.10. The number of rotatable bonds is 1. The molecule has 0 saturated heterocycles. The fourth-order valence-electron chi connectivity index (χ4n) is 0.537. The van der Waals surface area contributed by atoms with Crippen LogP contribution in [0.15, 0.2) is 9.85 Å². The second-order valence-corrected chi connectivity index (χ2v) is 3.42. The first-order chi connectivity index (χ1) is 4.63. The summed E-state index contributed by atoms with van der Waals surface area (Å²) < 4.78 is 0.728. The minimum atomic E-state index is -0.479. The lowest BCUT2D eigenvalue weighted by molar-refractivity contribution is 0.100. The largest absolute Gasteiger partial charge is 0.396 e. The molecule has 10 heavy (non-hydrogen) atoms. The van der Waals surface area contributed by atoms with Gasteiger partial charge in [0.15, 0.2) is 0 Å². The number of carbonyl (C=O) groups excluding carboxylic acids is 1. The Morgan fingerprint density at radius 3 is 2.50 bits per heavy atom. The van der Waals surface area contributed by atoms with Gasteiger partial charge in [-0.15, -0.1) is 11.3 Å². The van der Waals surface area contributed by atoms with Crippen molar-refractivity contribution in [2.24, 2.45) is 5.73 Å². The molecule has 4 N–H and O–H groups in total. The molecule has 0 radical (unpaired) electrons. The third-order valence-corrected chi connectivity index (χ3v) is 2.98. The summed E-state index contributed by atoms with van der Waals surface area (Å²) in [5.41, 5.74) is 10.9. The highest BCUT2D eigenvalue weighted by Crippen LogP contribution is 2.28. The molecule has 0 saturated carbocycles. The molecule has 0 aliphatic rings. The predicted molar refractivity (Wildman–Crippen MR) is 44.9 cm³/mol. The Balaban J connectivity index is 3.17. The number of carbonyl (C=O) groups is 1. The summed E-state index contributed by atoms with van der Waals surface area (Å²) >= 11 is 4.40. The zero-order valence-corrected chi connectivity index (χ0v) is 7.33. The van der Waals surface area contributed by atoms with Crippen LogP contribution in [0.5, 0.6) is 0 Å². The van der Waals surface area contributed by atoms with Crippen molar-refractivity contribution in [1.82, 2.24) is 0 Å². The van der Waals surface area contributed by atoms with Crippen molar-refractivity contribution in [3.05, 3.63) is 14.7 Å². The summed E-state index contributed by atoms with van der Waals surface area (Å²) in [6, 6.07) is 0. The molecular weight excluding hydrogens is 216 g/mol. The van der Waals surface area contributed by atoms with E-state index in [9.17, 15) is 4.79 Å². The van der Waals surface area contributed by atoms with Crippen molar-refractivity contribution in [3.63, 3.8) is 0 Å². The van der Waals surface area contributed by atoms with Crippen LogP contribution in [0.25, 0.3) is 0 Å². The van der Waals surface area contributed by atoms with Gasteiger partial charge in [-0.05, 0) is 15.9 Å². The lowest BCUT2D eigenvalue weighted by Gasteiger charge is -1.90. The van der Waals surface area contributed by atoms with E-state index in [1.807, 2.05) is 0 Å². The molecule has 54 valence electrons. The van der Waals surface area contributed by atoms with Crippen LogP contribution < -0.4 is 11.5 Å². The van der Waals surface area contributed by atoms with Gasteiger partial charge in [0.05, 0.1) is 10.2 Å². The monoisotopic (exact) mass is 220 g/mol. The van der Waals surface area contributed by atoms with Gasteiger partial charge in [-0.25, -0.2) is 0 Å². The smallest absolute Gasteiger partial charge is 0.260 e. The number of amides is 1. The Labute approximate surface area is 70.1 Å². The fourth-order valence-corrected chi connectivity index (χ4v) is 1.85. The van der Waals surface area contributed by atoms with E-state index in [2.05, 4.69) is 15.9 Å². The molecule has 3 nitrogen and oxygen atoms in total. The molecule has 1 aromatic heterocycles. The Hall–Kier alpha value is -0.550. The van der Waals surface area contributed by atoms with E-state index in [0.29, 0.717) is 10.6 Å². The van der Waals surface area contributed by atoms with E-state index in [1.54, 1.807) is 5.38 Å². The number of nitrogen functional groups attached to an aromatic ring is 1. The molecule has 0 bridgehead atoms. The number of anilines is 1. The van der Waals surface area contributed by atoms with E-state index in [-0.39, 0.29) is 0 Å². The number of halogens is 1. The molecule has 1 amide bonds. The normalized spacial score (nSPS) is 9.70. The number of thiophene rings is 1. The number of nitrogens with two attached hydrogens (primary N) is 2. The van der Waals surface area contributed by atoms with Crippen LogP contribution in [0, 0.1) is 0 Å². The molecule has 0 fully saturated rings. The summed E-state index contributed by atoms with van der Waals surface area (Å²) in [6.07, 6.45) is 0. The van der Waals surface area contributed by atoms with Crippen molar-refractivity contribution in [2.45, 2.75) is 0 Å². The van der Waals surface area contributed by atoms with Gasteiger partial charge >= 0.3 is 0 Å². The highest BCUT2D eigenvalue weighted by molar-refractivity contribution is 9.10. The maximum atomic E-state index is 10.6. The van der Waals surface area contributed by atoms with E-state index in [4.69, 9.17) is 11.5 Å². The number of primary amides is 1. The van der Waals surface area contributed by atoms with Gasteiger partial charge < -0.3 is 11.5 Å². The highest BCUT2D eigenvalue weighted by Gasteiger charge is 2.09. The Morgan fingerprint density at radius 2 is 2.30 bits per heavy atom. The van der Waals surface area contributed by atoms with Gasteiger partial charge in [0.2, 0.25) is 0 Å². The Morgan fingerprint density at radius 1 is 1.70 bits per heavy atom. The Bertz CT molecular complexity index is 271. The second-order valence-electron chi connectivity index (χ2n) is 1.69. The average Bonchev–Trinajstić information content (AvgIpc) is 2.14. The van der Waals surface area contributed by atoms with Crippen LogP contribution in [0.4, 0.5) is 5.69 Å². The zero-order chi connectivity index (χ0) is 7.72. The lowest BCUT2D eigenvalue weighted by atomic mass is 10.4. The summed E-state index contributed by atoms with van der Waals surface area (Å²) in [4.78, 5) is 11.0. The third-order valence-electron chi connectivity index (χ3n) is 1.01. The van der Waals surface area contributed by atoms with Crippen molar-refractivity contribution < 1.29 is 4.79 Å². The van der Waals surface area contributed by atoms with Gasteiger partial charge in [-0.3, -0.25) is 4.79 Å². The molecule has 0 unspecified atom stereocenters. The maximum absolute atomic E-state index is 10.6. The SMILES string of the molecule is NC(=O)c1scc(Br)c1N. The number of hydrogen-bond donors (Lipinski definition) is 2. The summed E-state index contributed by atoms with van der Waals surface area (Å²) in [6.45, 7) is 0. The molecule has 0 aromatic carbocycles. The minimum absolute atomic E-state index is 0.409. The number of hydrogen-bond acceptors (Lipinski definition) is 3. The van der Waals surface area contributed by atoms with Gasteiger partial charge in [0.1, 0.15) is 4.88 Å². The van der Waals surface area contributed by atoms with E-state index in [0.717, 1.165) is 4.47 Å². The molecular formula is C5H5BrN2OS. The topological polar surface area (TPSA) is 69.1 Å². The van der Waals surface area contributed by atoms with Crippen LogP contribution in [0.3, 0.4) is 0 Å². The zero-order valence-electron chi connectivity index (χ0n) is 4.93. The van der Waals surface area contributed by atoms with Gasteiger partial charge in [0.25, 0.3) is 5.91 Å². The molecule has 1 heterocycles. The molecule has 1 aromatic rings. The molecule has 0 aliphatic heterocycles. The summed E-state index contributed by atoms with van der Waals surface area (Å²) in [5, 5.41) is 1.73. The van der Waals surface area contributed by atoms with Crippen LogP contribution in [0.2, 0.25) is 0 Å². The molecule has 0 aliphatic carbocycles. The standard InChI is InChI=1S/C5H5BrN2OS/c6-2-1-10-4(3(2)7)5(8)9/h1H,7H2,(H2,8,9). The van der Waals surface area contributed by atoms with Crippen LogP contribution in [-0.2, 0) is 0 Å². The van der Waals surface area contributed by atoms with Crippen molar-refractivity contribution in [3.8, 4) is 0 Å². The van der Waals surface area contributed by atoms with E-state index in [1.165, 1.54) is 11.3 Å². The molecule has 0 atom stereocenters. The first-order valence-electron chi connectivity index (χ1n) is 2.45. The van der Waals surface area contributed by atoms with Gasteiger partial charge in [-0.2, -0.15) is 0 Å². The van der Waals surface area contributed by atoms with E-state index < -0.39 is 5.91 Å². The van der Waals surface area contributed by atoms with Gasteiger partial charge in [-0.1, -0.05) is 0 Å². The van der Waals surface area contributed by atoms with E-state index >= 15 is 0 Å². The van der Waals surface area contributed by atoms with Crippen molar-refractivity contribution in [1.29, 1.82) is 0 Å². The average molecular weight is 221 g/mol. The van der Waals surface area contributed by atoms with Crippen molar-refractivity contribution in [2.75, 3.05) is 5.73 Å².